The topological polar surface area (TPSA) is 60.9 Å². The van der Waals surface area contributed by atoms with Crippen LogP contribution in [0.4, 0.5) is 11.4 Å². The molecule has 4 aromatic rings. The van der Waals surface area contributed by atoms with Gasteiger partial charge in [-0.05, 0) is 72.3 Å². The lowest BCUT2D eigenvalue weighted by Crippen LogP contribution is -2.48. The molecule has 4 aromatic carbocycles. The summed E-state index contributed by atoms with van der Waals surface area (Å²) >= 11 is 12.3. The third-order valence-electron chi connectivity index (χ3n) is 7.25. The zero-order valence-corrected chi connectivity index (χ0v) is 23.8. The first-order valence-corrected chi connectivity index (χ1v) is 14.8. The first-order chi connectivity index (χ1) is 19.4. The average Bonchev–Trinajstić information content (AvgIpc) is 3.06. The van der Waals surface area contributed by atoms with E-state index in [0.29, 0.717) is 62.8 Å². The predicted octanol–water partition coefficient (Wildman–Crippen LogP) is 6.28. The van der Waals surface area contributed by atoms with Crippen LogP contribution < -0.4 is 9.80 Å². The number of fused-ring (bicyclic) bond motifs is 2. The van der Waals surface area contributed by atoms with Crippen LogP contribution in [-0.4, -0.2) is 47.1 Å². The molecule has 0 unspecified atom stereocenters. The van der Waals surface area contributed by atoms with Crippen molar-refractivity contribution in [2.75, 3.05) is 36.0 Å². The Balaban J connectivity index is 1.32. The van der Waals surface area contributed by atoms with E-state index in [1.807, 2.05) is 41.3 Å². The summed E-state index contributed by atoms with van der Waals surface area (Å²) in [6, 6.07) is 27.1. The molecule has 0 spiro atoms. The van der Waals surface area contributed by atoms with Crippen LogP contribution in [0.3, 0.4) is 0 Å². The molecule has 2 aliphatic heterocycles. The van der Waals surface area contributed by atoms with Crippen molar-refractivity contribution in [3.63, 3.8) is 0 Å². The highest BCUT2D eigenvalue weighted by Gasteiger charge is 2.32. The summed E-state index contributed by atoms with van der Waals surface area (Å²) in [6.07, 6.45) is 0. The highest BCUT2D eigenvalue weighted by atomic mass is 35.5. The van der Waals surface area contributed by atoms with Crippen molar-refractivity contribution in [2.45, 2.75) is 16.3 Å². The van der Waals surface area contributed by atoms with Gasteiger partial charge in [0, 0.05) is 47.5 Å². The van der Waals surface area contributed by atoms with Crippen LogP contribution in [0, 0.1) is 0 Å². The zero-order valence-electron chi connectivity index (χ0n) is 21.4. The van der Waals surface area contributed by atoms with Gasteiger partial charge < -0.3 is 14.7 Å². The minimum absolute atomic E-state index is 0.124. The highest BCUT2D eigenvalue weighted by molar-refractivity contribution is 7.85. The number of piperazine rings is 1. The van der Waals surface area contributed by atoms with E-state index in [2.05, 4.69) is 4.90 Å². The van der Waals surface area contributed by atoms with E-state index in [9.17, 15) is 13.8 Å². The summed E-state index contributed by atoms with van der Waals surface area (Å²) in [5.74, 6) is -0.398. The molecule has 1 atom stereocenters. The summed E-state index contributed by atoms with van der Waals surface area (Å²) < 4.78 is 13.7. The van der Waals surface area contributed by atoms with Gasteiger partial charge in [-0.15, -0.1) is 0 Å². The van der Waals surface area contributed by atoms with Crippen LogP contribution in [0.2, 0.25) is 10.0 Å². The Hall–Kier alpha value is -3.65. The van der Waals surface area contributed by atoms with Gasteiger partial charge in [0.25, 0.3) is 11.8 Å². The summed E-state index contributed by atoms with van der Waals surface area (Å²) in [5.41, 5.74) is 3.19. The Labute approximate surface area is 245 Å². The number of benzene rings is 4. The lowest BCUT2D eigenvalue weighted by Gasteiger charge is -2.36. The van der Waals surface area contributed by atoms with Gasteiger partial charge in [-0.1, -0.05) is 47.5 Å². The fraction of sp³-hybridized carbons (Fsp3) is 0.161. The summed E-state index contributed by atoms with van der Waals surface area (Å²) in [7, 11) is -1.59. The quantitative estimate of drug-likeness (QED) is 0.281. The Morgan fingerprint density at radius 3 is 2.27 bits per heavy atom. The van der Waals surface area contributed by atoms with E-state index < -0.39 is 10.8 Å². The van der Waals surface area contributed by atoms with Gasteiger partial charge in [-0.2, -0.15) is 0 Å². The van der Waals surface area contributed by atoms with E-state index in [1.54, 1.807) is 59.5 Å². The first kappa shape index (κ1) is 26.6. The second kappa shape index (κ2) is 11.1. The molecule has 0 saturated carbocycles. The Morgan fingerprint density at radius 2 is 1.52 bits per heavy atom. The maximum Gasteiger partial charge on any atom is 0.259 e. The molecular weight excluding hydrogens is 565 g/mol. The van der Waals surface area contributed by atoms with E-state index >= 15 is 0 Å². The summed E-state index contributed by atoms with van der Waals surface area (Å²) in [4.78, 5) is 34.1. The maximum atomic E-state index is 13.9. The van der Waals surface area contributed by atoms with Gasteiger partial charge in [0.1, 0.15) is 0 Å². The molecule has 0 N–H and O–H groups in total. The highest BCUT2D eigenvalue weighted by Crippen LogP contribution is 2.36. The Kier molecular flexibility index (Phi) is 7.36. The molecule has 0 aliphatic carbocycles. The van der Waals surface area contributed by atoms with Crippen LogP contribution in [0.1, 0.15) is 26.3 Å². The molecule has 0 radical (unpaired) electrons. The van der Waals surface area contributed by atoms with Gasteiger partial charge in [-0.3, -0.25) is 9.59 Å². The molecule has 40 heavy (non-hydrogen) atoms. The molecule has 9 heteroatoms. The second-order valence-electron chi connectivity index (χ2n) is 9.72. The van der Waals surface area contributed by atoms with E-state index in [0.717, 1.165) is 11.3 Å². The molecule has 6 rings (SSSR count). The average molecular weight is 591 g/mol. The Morgan fingerprint density at radius 1 is 0.775 bits per heavy atom. The molecule has 6 nitrogen and oxygen atoms in total. The summed E-state index contributed by atoms with van der Waals surface area (Å²) in [5, 5.41) is 1.25. The number of nitrogens with zero attached hydrogens (tertiary/aromatic N) is 3. The zero-order chi connectivity index (χ0) is 27.8. The van der Waals surface area contributed by atoms with Crippen molar-refractivity contribution in [2.24, 2.45) is 0 Å². The van der Waals surface area contributed by atoms with Crippen LogP contribution in [0.5, 0.6) is 0 Å². The smallest absolute Gasteiger partial charge is 0.259 e. The van der Waals surface area contributed by atoms with E-state index in [-0.39, 0.29) is 18.4 Å². The van der Waals surface area contributed by atoms with Crippen molar-refractivity contribution < 1.29 is 13.8 Å². The Bertz CT molecular complexity index is 1640. The van der Waals surface area contributed by atoms with Crippen molar-refractivity contribution in [1.29, 1.82) is 0 Å². The number of hydrogen-bond acceptors (Lipinski definition) is 4. The molecule has 0 aromatic heterocycles. The third-order valence-corrected chi connectivity index (χ3v) is 9.23. The predicted molar refractivity (Wildman–Crippen MR) is 159 cm³/mol. The lowest BCUT2D eigenvalue weighted by atomic mass is 10.1. The van der Waals surface area contributed by atoms with Crippen molar-refractivity contribution in [3.05, 3.63) is 118 Å². The minimum atomic E-state index is -1.59. The monoisotopic (exact) mass is 589 g/mol. The number of halogens is 2. The van der Waals surface area contributed by atoms with Crippen LogP contribution in [-0.2, 0) is 17.3 Å². The molecule has 0 bridgehead atoms. The molecule has 2 heterocycles. The van der Waals surface area contributed by atoms with Crippen molar-refractivity contribution in [3.8, 4) is 0 Å². The number of amides is 2. The molecule has 1 saturated heterocycles. The molecular formula is C31H25Cl2N3O3S. The normalized spacial score (nSPS) is 16.8. The minimum Gasteiger partial charge on any atom is -0.368 e. The van der Waals surface area contributed by atoms with Crippen molar-refractivity contribution in [1.82, 2.24) is 4.90 Å². The number of anilines is 2. The fourth-order valence-electron chi connectivity index (χ4n) is 5.17. The van der Waals surface area contributed by atoms with Crippen LogP contribution in [0.25, 0.3) is 0 Å². The molecule has 1 fully saturated rings. The molecule has 2 amide bonds. The number of carbonyl (C=O) groups is 2. The van der Waals surface area contributed by atoms with Crippen LogP contribution >= 0.6 is 23.2 Å². The van der Waals surface area contributed by atoms with Crippen LogP contribution in [0.15, 0.2) is 101 Å². The van der Waals surface area contributed by atoms with Crippen molar-refractivity contribution >= 4 is 57.2 Å². The van der Waals surface area contributed by atoms with Gasteiger partial charge in [-0.25, -0.2) is 4.21 Å². The molecule has 2 aliphatic rings. The third kappa shape index (κ3) is 5.12. The fourth-order valence-corrected chi connectivity index (χ4v) is 6.86. The van der Waals surface area contributed by atoms with E-state index in [4.69, 9.17) is 23.2 Å². The maximum absolute atomic E-state index is 13.9. The van der Waals surface area contributed by atoms with Gasteiger partial charge >= 0.3 is 0 Å². The number of carbonyl (C=O) groups excluding carboxylic acids is 2. The van der Waals surface area contributed by atoms with Gasteiger partial charge in [0.05, 0.1) is 38.4 Å². The molecule has 202 valence electrons. The standard InChI is InChI=1S/C31H25Cl2N3O3S/c32-23-9-11-25(12-10-23)34-14-16-35(17-15-34)30(37)22-8-13-29-27(19-22)36(20-21-4-3-5-24(33)18-21)31(38)26-6-1-2-7-28(26)40(29)39/h1-13,18-19H,14-17,20H2/t40-/m1/s1. The SMILES string of the molecule is O=C(c1ccc2c(c1)N(Cc1cccc(Cl)c1)C(=O)c1ccccc1[S@]2=O)N1CCN(c2ccc(Cl)cc2)CC1. The number of rotatable bonds is 4. The largest absolute Gasteiger partial charge is 0.368 e. The van der Waals surface area contributed by atoms with Gasteiger partial charge in [0.15, 0.2) is 0 Å². The second-order valence-corrected chi connectivity index (χ2v) is 12.0. The first-order valence-electron chi connectivity index (χ1n) is 12.9. The lowest BCUT2D eigenvalue weighted by molar-refractivity contribution is 0.0746. The van der Waals surface area contributed by atoms with E-state index in [1.165, 1.54) is 0 Å². The van der Waals surface area contributed by atoms with Gasteiger partial charge in [0.2, 0.25) is 0 Å². The number of hydrogen-bond donors (Lipinski definition) is 0. The summed E-state index contributed by atoms with van der Waals surface area (Å²) in [6.45, 7) is 2.71.